The highest BCUT2D eigenvalue weighted by Gasteiger charge is 2.02. The zero-order valence-electron chi connectivity index (χ0n) is 7.52. The third-order valence-corrected chi connectivity index (χ3v) is 2.27. The Bertz CT molecular complexity index is 436. The Balaban J connectivity index is 2.44. The van der Waals surface area contributed by atoms with Gasteiger partial charge in [0.15, 0.2) is 0 Å². The van der Waals surface area contributed by atoms with E-state index in [2.05, 4.69) is 5.10 Å². The summed E-state index contributed by atoms with van der Waals surface area (Å²) < 4.78 is 1.73. The summed E-state index contributed by atoms with van der Waals surface area (Å²) in [6.45, 7) is 0.442. The fourth-order valence-corrected chi connectivity index (χ4v) is 1.46. The van der Waals surface area contributed by atoms with Crippen LogP contribution in [0.4, 0.5) is 0 Å². The first-order valence-electron chi connectivity index (χ1n) is 4.31. The van der Waals surface area contributed by atoms with Crippen LogP contribution in [-0.4, -0.2) is 9.78 Å². The van der Waals surface area contributed by atoms with Crippen LogP contribution in [0, 0.1) is 0 Å². The van der Waals surface area contributed by atoms with Crippen LogP contribution < -0.4 is 5.73 Å². The van der Waals surface area contributed by atoms with Crippen LogP contribution in [0.25, 0.3) is 5.69 Å². The topological polar surface area (TPSA) is 43.8 Å². The predicted octanol–water partition coefficient (Wildman–Crippen LogP) is 1.98. The molecule has 0 aliphatic rings. The summed E-state index contributed by atoms with van der Waals surface area (Å²) in [5.74, 6) is 0. The summed E-state index contributed by atoms with van der Waals surface area (Å²) in [5, 5.41) is 4.95. The summed E-state index contributed by atoms with van der Waals surface area (Å²) in [6.07, 6.45) is 1.85. The molecule has 0 aliphatic carbocycles. The summed E-state index contributed by atoms with van der Waals surface area (Å²) in [5.41, 5.74) is 7.19. The van der Waals surface area contributed by atoms with Crippen molar-refractivity contribution in [1.82, 2.24) is 9.78 Å². The first kappa shape index (κ1) is 9.24. The number of benzene rings is 1. The molecule has 4 heteroatoms. The second-order valence-electron chi connectivity index (χ2n) is 2.91. The van der Waals surface area contributed by atoms with Crippen LogP contribution in [0.3, 0.4) is 0 Å². The van der Waals surface area contributed by atoms with Gasteiger partial charge in [-0.25, -0.2) is 4.68 Å². The van der Waals surface area contributed by atoms with Gasteiger partial charge in [-0.15, -0.1) is 0 Å². The molecule has 0 spiro atoms. The van der Waals surface area contributed by atoms with Crippen LogP contribution in [-0.2, 0) is 6.54 Å². The van der Waals surface area contributed by atoms with E-state index < -0.39 is 0 Å². The van der Waals surface area contributed by atoms with E-state index in [-0.39, 0.29) is 0 Å². The molecule has 0 fully saturated rings. The van der Waals surface area contributed by atoms with E-state index in [1.165, 1.54) is 0 Å². The van der Waals surface area contributed by atoms with Crippen LogP contribution in [0.2, 0.25) is 5.02 Å². The molecule has 0 saturated carbocycles. The molecular weight excluding hydrogens is 198 g/mol. The number of hydrogen-bond donors (Lipinski definition) is 1. The highest BCUT2D eigenvalue weighted by molar-refractivity contribution is 6.32. The molecule has 0 amide bonds. The molecule has 0 radical (unpaired) electrons. The number of halogens is 1. The largest absolute Gasteiger partial charge is 0.325 e. The van der Waals surface area contributed by atoms with Crippen molar-refractivity contribution in [2.24, 2.45) is 5.73 Å². The van der Waals surface area contributed by atoms with Gasteiger partial charge in [0.25, 0.3) is 0 Å². The maximum atomic E-state index is 6.02. The highest BCUT2D eigenvalue weighted by Crippen LogP contribution is 2.18. The molecule has 2 rings (SSSR count). The van der Waals surface area contributed by atoms with E-state index in [4.69, 9.17) is 17.3 Å². The Hall–Kier alpha value is -1.32. The third-order valence-electron chi connectivity index (χ3n) is 1.95. The van der Waals surface area contributed by atoms with Gasteiger partial charge in [0.1, 0.15) is 0 Å². The standard InChI is InChI=1S/C10H10ClN3/c11-9-3-1-2-4-10(9)14-6-5-8(7-12)13-14/h1-6H,7,12H2. The number of hydrogen-bond acceptors (Lipinski definition) is 2. The van der Waals surface area contributed by atoms with Gasteiger partial charge in [0.05, 0.1) is 16.4 Å². The molecule has 0 saturated heterocycles. The zero-order valence-corrected chi connectivity index (χ0v) is 8.28. The van der Waals surface area contributed by atoms with Gasteiger partial charge < -0.3 is 5.73 Å². The lowest BCUT2D eigenvalue weighted by Gasteiger charge is -2.02. The fourth-order valence-electron chi connectivity index (χ4n) is 1.24. The molecule has 0 bridgehead atoms. The van der Waals surface area contributed by atoms with Crippen molar-refractivity contribution in [3.63, 3.8) is 0 Å². The zero-order chi connectivity index (χ0) is 9.97. The van der Waals surface area contributed by atoms with Crippen LogP contribution >= 0.6 is 11.6 Å². The minimum absolute atomic E-state index is 0.442. The summed E-state index contributed by atoms with van der Waals surface area (Å²) >= 11 is 6.02. The molecule has 1 heterocycles. The van der Waals surface area contributed by atoms with Crippen molar-refractivity contribution in [1.29, 1.82) is 0 Å². The van der Waals surface area contributed by atoms with Crippen molar-refractivity contribution in [2.45, 2.75) is 6.54 Å². The highest BCUT2D eigenvalue weighted by atomic mass is 35.5. The number of aromatic nitrogens is 2. The fraction of sp³-hybridized carbons (Fsp3) is 0.100. The number of rotatable bonds is 2. The van der Waals surface area contributed by atoms with E-state index in [9.17, 15) is 0 Å². The Labute approximate surface area is 87.1 Å². The maximum Gasteiger partial charge on any atom is 0.0831 e. The normalized spacial score (nSPS) is 10.4. The van der Waals surface area contributed by atoms with E-state index in [0.29, 0.717) is 11.6 Å². The average molecular weight is 208 g/mol. The van der Waals surface area contributed by atoms with Crippen molar-refractivity contribution < 1.29 is 0 Å². The van der Waals surface area contributed by atoms with Crippen LogP contribution in [0.15, 0.2) is 36.5 Å². The molecule has 0 unspecified atom stereocenters. The predicted molar refractivity (Wildman–Crippen MR) is 56.5 cm³/mol. The molecule has 1 aromatic heterocycles. The average Bonchev–Trinajstić information content (AvgIpc) is 2.67. The Morgan fingerprint density at radius 2 is 2.07 bits per heavy atom. The van der Waals surface area contributed by atoms with Crippen molar-refractivity contribution in [3.05, 3.63) is 47.2 Å². The Morgan fingerprint density at radius 3 is 2.71 bits per heavy atom. The number of nitrogens with two attached hydrogens (primary N) is 1. The lowest BCUT2D eigenvalue weighted by Crippen LogP contribution is -2.00. The smallest absolute Gasteiger partial charge is 0.0831 e. The minimum Gasteiger partial charge on any atom is -0.325 e. The van der Waals surface area contributed by atoms with E-state index in [1.807, 2.05) is 36.5 Å². The van der Waals surface area contributed by atoms with E-state index in [0.717, 1.165) is 11.4 Å². The molecule has 14 heavy (non-hydrogen) atoms. The van der Waals surface area contributed by atoms with Crippen molar-refractivity contribution in [2.75, 3.05) is 0 Å². The maximum absolute atomic E-state index is 6.02. The SMILES string of the molecule is NCc1ccn(-c2ccccc2Cl)n1. The van der Waals surface area contributed by atoms with Crippen LogP contribution in [0.1, 0.15) is 5.69 Å². The van der Waals surface area contributed by atoms with Gasteiger partial charge in [-0.2, -0.15) is 5.10 Å². The molecule has 0 atom stereocenters. The second kappa shape index (κ2) is 3.82. The quantitative estimate of drug-likeness (QED) is 0.819. The molecule has 3 nitrogen and oxygen atoms in total. The van der Waals surface area contributed by atoms with Gasteiger partial charge in [0.2, 0.25) is 0 Å². The second-order valence-corrected chi connectivity index (χ2v) is 3.31. The van der Waals surface area contributed by atoms with Gasteiger partial charge in [-0.3, -0.25) is 0 Å². The van der Waals surface area contributed by atoms with Gasteiger partial charge >= 0.3 is 0 Å². The molecule has 0 aliphatic heterocycles. The molecule has 1 aromatic carbocycles. The summed E-state index contributed by atoms with van der Waals surface area (Å²) in [7, 11) is 0. The van der Waals surface area contributed by atoms with Gasteiger partial charge in [-0.1, -0.05) is 23.7 Å². The first-order valence-corrected chi connectivity index (χ1v) is 4.68. The minimum atomic E-state index is 0.442. The van der Waals surface area contributed by atoms with Crippen LogP contribution in [0.5, 0.6) is 0 Å². The lowest BCUT2D eigenvalue weighted by molar-refractivity contribution is 0.834. The third kappa shape index (κ3) is 1.64. The Morgan fingerprint density at radius 1 is 1.29 bits per heavy atom. The van der Waals surface area contributed by atoms with E-state index >= 15 is 0 Å². The van der Waals surface area contributed by atoms with Crippen molar-refractivity contribution in [3.8, 4) is 5.69 Å². The lowest BCUT2D eigenvalue weighted by atomic mass is 10.3. The molecule has 2 aromatic rings. The molecule has 72 valence electrons. The Kier molecular flexibility index (Phi) is 2.52. The molecule has 2 N–H and O–H groups in total. The molecular formula is C10H10ClN3. The van der Waals surface area contributed by atoms with E-state index in [1.54, 1.807) is 4.68 Å². The first-order chi connectivity index (χ1) is 6.81. The monoisotopic (exact) mass is 207 g/mol. The summed E-state index contributed by atoms with van der Waals surface area (Å²) in [4.78, 5) is 0. The van der Waals surface area contributed by atoms with Crippen molar-refractivity contribution >= 4 is 11.6 Å². The summed E-state index contributed by atoms with van der Waals surface area (Å²) in [6, 6.07) is 9.43. The number of nitrogens with zero attached hydrogens (tertiary/aromatic N) is 2. The van der Waals surface area contributed by atoms with Gasteiger partial charge in [-0.05, 0) is 18.2 Å². The van der Waals surface area contributed by atoms with Gasteiger partial charge in [0, 0.05) is 12.7 Å². The number of para-hydroxylation sites is 1.